The van der Waals surface area contributed by atoms with Gasteiger partial charge in [-0.05, 0) is 0 Å². The Morgan fingerprint density at radius 3 is 2.42 bits per heavy atom. The minimum Gasteiger partial charge on any atom is -0.480 e. The van der Waals surface area contributed by atoms with E-state index in [1.54, 1.807) is 0 Å². The Hall–Kier alpha value is -1.30. The van der Waals surface area contributed by atoms with Gasteiger partial charge in [-0.25, -0.2) is 9.59 Å². The summed E-state index contributed by atoms with van der Waals surface area (Å²) in [7, 11) is 0. The Labute approximate surface area is 68.6 Å². The van der Waals surface area contributed by atoms with Crippen molar-refractivity contribution in [2.24, 2.45) is 5.73 Å². The van der Waals surface area contributed by atoms with Crippen LogP contribution < -0.4 is 5.73 Å². The Bertz CT molecular complexity index is 196. The van der Waals surface area contributed by atoms with Gasteiger partial charge in [0.15, 0.2) is 0 Å². The van der Waals surface area contributed by atoms with E-state index in [1.165, 1.54) is 0 Å². The highest BCUT2D eigenvalue weighted by atomic mass is 16.4. The molecular formula is C6H10N2O4. The van der Waals surface area contributed by atoms with Crippen molar-refractivity contribution in [2.75, 3.05) is 6.54 Å². The van der Waals surface area contributed by atoms with Crippen LogP contribution in [-0.2, 0) is 4.79 Å². The standard InChI is InChI=1S/C6H10N2O4/c7-6(12)8-2-3(9)1-4(8)5(10)11/h3-4,9H,1-2H2,(H2,7,12)(H,10,11). The summed E-state index contributed by atoms with van der Waals surface area (Å²) in [4.78, 5) is 22.1. The van der Waals surface area contributed by atoms with Gasteiger partial charge < -0.3 is 20.8 Å². The number of hydrogen-bond donors (Lipinski definition) is 3. The van der Waals surface area contributed by atoms with Crippen molar-refractivity contribution in [3.8, 4) is 0 Å². The van der Waals surface area contributed by atoms with Crippen LogP contribution in [0.4, 0.5) is 4.79 Å². The van der Waals surface area contributed by atoms with Gasteiger partial charge in [0.05, 0.1) is 6.10 Å². The van der Waals surface area contributed by atoms with Crippen LogP contribution in [0.15, 0.2) is 0 Å². The topological polar surface area (TPSA) is 104 Å². The first-order chi connectivity index (χ1) is 5.52. The summed E-state index contributed by atoms with van der Waals surface area (Å²) in [6, 6.07) is -1.78. The number of hydrogen-bond acceptors (Lipinski definition) is 3. The molecule has 0 aromatic carbocycles. The zero-order valence-electron chi connectivity index (χ0n) is 6.30. The van der Waals surface area contributed by atoms with Crippen molar-refractivity contribution in [3.63, 3.8) is 0 Å². The molecule has 0 bridgehead atoms. The fourth-order valence-corrected chi connectivity index (χ4v) is 1.29. The number of urea groups is 1. The zero-order valence-corrected chi connectivity index (χ0v) is 6.30. The molecule has 0 aliphatic carbocycles. The average molecular weight is 174 g/mol. The van der Waals surface area contributed by atoms with E-state index < -0.39 is 24.1 Å². The van der Waals surface area contributed by atoms with Gasteiger partial charge in [0.25, 0.3) is 0 Å². The van der Waals surface area contributed by atoms with Gasteiger partial charge in [0.2, 0.25) is 0 Å². The van der Waals surface area contributed by atoms with Gasteiger partial charge >= 0.3 is 12.0 Å². The molecule has 1 rings (SSSR count). The molecule has 68 valence electrons. The van der Waals surface area contributed by atoms with Crippen LogP contribution in [0, 0.1) is 0 Å². The van der Waals surface area contributed by atoms with Gasteiger partial charge in [-0.1, -0.05) is 0 Å². The van der Waals surface area contributed by atoms with Gasteiger partial charge in [-0.2, -0.15) is 0 Å². The maximum Gasteiger partial charge on any atom is 0.326 e. The third kappa shape index (κ3) is 1.48. The Morgan fingerprint density at radius 1 is 1.50 bits per heavy atom. The van der Waals surface area contributed by atoms with Gasteiger partial charge in [-0.15, -0.1) is 0 Å². The summed E-state index contributed by atoms with van der Waals surface area (Å²) in [6.07, 6.45) is -0.725. The second-order valence-corrected chi connectivity index (χ2v) is 2.73. The maximum absolute atomic E-state index is 10.6. The quantitative estimate of drug-likeness (QED) is 0.454. The fourth-order valence-electron chi connectivity index (χ4n) is 1.29. The summed E-state index contributed by atoms with van der Waals surface area (Å²) in [5, 5.41) is 17.6. The van der Waals surface area contributed by atoms with Crippen LogP contribution in [0.5, 0.6) is 0 Å². The van der Waals surface area contributed by atoms with Gasteiger partial charge in [0.1, 0.15) is 6.04 Å². The molecule has 0 spiro atoms. The van der Waals surface area contributed by atoms with Crippen molar-refractivity contribution in [2.45, 2.75) is 18.6 Å². The number of rotatable bonds is 1. The van der Waals surface area contributed by atoms with Gasteiger partial charge in [0, 0.05) is 13.0 Å². The number of carboxylic acids is 1. The lowest BCUT2D eigenvalue weighted by atomic mass is 10.2. The van der Waals surface area contributed by atoms with Crippen LogP contribution in [0.1, 0.15) is 6.42 Å². The molecule has 0 saturated carbocycles. The molecular weight excluding hydrogens is 164 g/mol. The van der Waals surface area contributed by atoms with E-state index in [0.717, 1.165) is 4.90 Å². The molecule has 2 amide bonds. The summed E-state index contributed by atoms with van der Waals surface area (Å²) in [5.41, 5.74) is 4.90. The lowest BCUT2D eigenvalue weighted by molar-refractivity contribution is -0.141. The predicted octanol–water partition coefficient (Wildman–Crippen LogP) is -1.42. The zero-order chi connectivity index (χ0) is 9.30. The first kappa shape index (κ1) is 8.79. The molecule has 2 unspecified atom stereocenters. The van der Waals surface area contributed by atoms with E-state index in [1.807, 2.05) is 0 Å². The number of primary amides is 1. The van der Waals surface area contributed by atoms with E-state index in [2.05, 4.69) is 0 Å². The lowest BCUT2D eigenvalue weighted by Gasteiger charge is -2.17. The number of aliphatic hydroxyl groups excluding tert-OH is 1. The molecule has 1 saturated heterocycles. The number of amides is 2. The second-order valence-electron chi connectivity index (χ2n) is 2.73. The van der Waals surface area contributed by atoms with Crippen LogP contribution >= 0.6 is 0 Å². The normalized spacial score (nSPS) is 28.9. The third-order valence-corrected chi connectivity index (χ3v) is 1.85. The minimum atomic E-state index is -1.13. The highest BCUT2D eigenvalue weighted by molar-refractivity contribution is 5.82. The average Bonchev–Trinajstić information content (AvgIpc) is 2.31. The number of carbonyl (C=O) groups excluding carboxylic acids is 1. The summed E-state index contributed by atoms with van der Waals surface area (Å²) in [5.74, 6) is -1.13. The molecule has 6 heteroatoms. The molecule has 0 radical (unpaired) electrons. The Morgan fingerprint density at radius 2 is 2.08 bits per heavy atom. The Kier molecular flexibility index (Phi) is 2.18. The van der Waals surface area contributed by atoms with E-state index >= 15 is 0 Å². The van der Waals surface area contributed by atoms with Crippen molar-refractivity contribution in [1.82, 2.24) is 4.90 Å². The van der Waals surface area contributed by atoms with Crippen molar-refractivity contribution < 1.29 is 19.8 Å². The van der Waals surface area contributed by atoms with Crippen molar-refractivity contribution in [1.29, 1.82) is 0 Å². The molecule has 6 nitrogen and oxygen atoms in total. The highest BCUT2D eigenvalue weighted by Crippen LogP contribution is 2.17. The summed E-state index contributed by atoms with van der Waals surface area (Å²) >= 11 is 0. The molecule has 1 fully saturated rings. The Balaban J connectivity index is 2.72. The van der Waals surface area contributed by atoms with Crippen molar-refractivity contribution >= 4 is 12.0 Å². The largest absolute Gasteiger partial charge is 0.480 e. The van der Waals surface area contributed by atoms with E-state index in [0.29, 0.717) is 0 Å². The first-order valence-corrected chi connectivity index (χ1v) is 3.49. The molecule has 1 aliphatic heterocycles. The first-order valence-electron chi connectivity index (χ1n) is 3.49. The summed E-state index contributed by atoms with van der Waals surface area (Å²) < 4.78 is 0. The van der Waals surface area contributed by atoms with Gasteiger partial charge in [-0.3, -0.25) is 0 Å². The molecule has 1 heterocycles. The molecule has 2 atom stereocenters. The van der Waals surface area contributed by atoms with E-state index in [4.69, 9.17) is 15.9 Å². The number of β-amino-alcohol motifs (C(OH)–C–C–N with tert-alkyl or cyclic N) is 1. The number of nitrogens with two attached hydrogens (primary N) is 1. The number of likely N-dealkylation sites (tertiary alicyclic amines) is 1. The number of aliphatic carboxylic acids is 1. The minimum absolute atomic E-state index is 0.00625. The van der Waals surface area contributed by atoms with Crippen LogP contribution in [-0.4, -0.2) is 45.8 Å². The number of carbonyl (C=O) groups is 2. The molecule has 0 aromatic heterocycles. The van der Waals surface area contributed by atoms with E-state index in [-0.39, 0.29) is 13.0 Å². The highest BCUT2D eigenvalue weighted by Gasteiger charge is 2.37. The third-order valence-electron chi connectivity index (χ3n) is 1.85. The molecule has 12 heavy (non-hydrogen) atoms. The van der Waals surface area contributed by atoms with E-state index in [9.17, 15) is 9.59 Å². The lowest BCUT2D eigenvalue weighted by Crippen LogP contribution is -2.43. The molecule has 4 N–H and O–H groups in total. The second kappa shape index (κ2) is 2.98. The monoisotopic (exact) mass is 174 g/mol. The SMILES string of the molecule is NC(=O)N1CC(O)CC1C(=O)O. The number of carboxylic acid groups (broad SMARTS) is 1. The van der Waals surface area contributed by atoms with Crippen LogP contribution in [0.3, 0.4) is 0 Å². The van der Waals surface area contributed by atoms with Crippen molar-refractivity contribution in [3.05, 3.63) is 0 Å². The number of aliphatic hydroxyl groups is 1. The smallest absolute Gasteiger partial charge is 0.326 e. The van der Waals surface area contributed by atoms with Crippen LogP contribution in [0.25, 0.3) is 0 Å². The van der Waals surface area contributed by atoms with Crippen LogP contribution in [0.2, 0.25) is 0 Å². The maximum atomic E-state index is 10.6. The predicted molar refractivity (Wildman–Crippen MR) is 38.3 cm³/mol. The molecule has 1 aliphatic rings. The fraction of sp³-hybridized carbons (Fsp3) is 0.667. The summed E-state index contributed by atoms with van der Waals surface area (Å²) in [6.45, 7) is 0.00625. The molecule has 0 aromatic rings. The number of nitrogens with zero attached hydrogens (tertiary/aromatic N) is 1.